The lowest BCUT2D eigenvalue weighted by molar-refractivity contribution is -0.129. The molecule has 0 radical (unpaired) electrons. The number of rotatable bonds is 2. The van der Waals surface area contributed by atoms with Crippen LogP contribution in [0.1, 0.15) is 20.8 Å². The summed E-state index contributed by atoms with van der Waals surface area (Å²) < 4.78 is 10.6. The Morgan fingerprint density at radius 2 is 2.08 bits per heavy atom. The van der Waals surface area contributed by atoms with Crippen molar-refractivity contribution in [1.82, 2.24) is 0 Å². The molecule has 5 atom stereocenters. The van der Waals surface area contributed by atoms with Crippen LogP contribution < -0.4 is 0 Å². The van der Waals surface area contributed by atoms with Crippen molar-refractivity contribution in [3.05, 3.63) is 0 Å². The Labute approximate surface area is 75.1 Å². The van der Waals surface area contributed by atoms with E-state index in [-0.39, 0.29) is 30.0 Å². The summed E-state index contributed by atoms with van der Waals surface area (Å²) in [5, 5.41) is 0. The average Bonchev–Trinajstić information content (AvgIpc) is 2.29. The molecule has 1 rings (SSSR count). The summed E-state index contributed by atoms with van der Waals surface area (Å²) >= 11 is 0. The van der Waals surface area contributed by atoms with Crippen LogP contribution in [0.4, 0.5) is 0 Å². The average molecular weight is 190 g/mol. The van der Waals surface area contributed by atoms with Crippen LogP contribution in [-0.2, 0) is 14.1 Å². The predicted molar refractivity (Wildman–Crippen MR) is 48.8 cm³/mol. The molecule has 0 spiro atoms. The van der Waals surface area contributed by atoms with Crippen LogP contribution in [-0.4, -0.2) is 24.1 Å². The van der Waals surface area contributed by atoms with E-state index in [1.165, 1.54) is 6.92 Å². The molecule has 0 aromatic heterocycles. The van der Waals surface area contributed by atoms with E-state index in [0.717, 1.165) is 0 Å². The van der Waals surface area contributed by atoms with Gasteiger partial charge in [-0.05, 0) is 13.8 Å². The summed E-state index contributed by atoms with van der Waals surface area (Å²) in [6.07, 6.45) is -0.389. The van der Waals surface area contributed by atoms with Crippen LogP contribution in [0.2, 0.25) is 0 Å². The zero-order valence-electron chi connectivity index (χ0n) is 7.61. The van der Waals surface area contributed by atoms with Gasteiger partial charge in [-0.15, -0.1) is 0 Å². The molecule has 1 aliphatic heterocycles. The Kier molecular flexibility index (Phi) is 3.22. The van der Waals surface area contributed by atoms with Gasteiger partial charge >= 0.3 is 0 Å². The highest BCUT2D eigenvalue weighted by Gasteiger charge is 2.42. The van der Waals surface area contributed by atoms with E-state index in [4.69, 9.17) is 9.26 Å². The Morgan fingerprint density at radius 3 is 2.42 bits per heavy atom. The number of ether oxygens (including phenoxy) is 1. The first-order valence-corrected chi connectivity index (χ1v) is 4.56. The summed E-state index contributed by atoms with van der Waals surface area (Å²) in [4.78, 5) is 11.1. The van der Waals surface area contributed by atoms with E-state index in [1.54, 1.807) is 0 Å². The van der Waals surface area contributed by atoms with Crippen LogP contribution in [0.3, 0.4) is 0 Å². The normalized spacial score (nSPS) is 41.7. The summed E-state index contributed by atoms with van der Waals surface area (Å²) in [6, 6.07) is 0. The molecule has 0 N–H and O–H groups in total. The van der Waals surface area contributed by atoms with Gasteiger partial charge in [-0.2, -0.15) is 0 Å². The summed E-state index contributed by atoms with van der Waals surface area (Å²) in [6.45, 7) is 5.53. The minimum absolute atomic E-state index is 0.0404. The van der Waals surface area contributed by atoms with E-state index in [2.05, 4.69) is 9.47 Å². The quantitative estimate of drug-likeness (QED) is 0.613. The second-order valence-electron chi connectivity index (χ2n) is 3.33. The Hall–Kier alpha value is 0.0200. The summed E-state index contributed by atoms with van der Waals surface area (Å²) in [7, 11) is 2.20. The molecule has 12 heavy (non-hydrogen) atoms. The van der Waals surface area contributed by atoms with Crippen LogP contribution in [0, 0.1) is 5.92 Å². The molecule has 1 saturated heterocycles. The van der Waals surface area contributed by atoms with Gasteiger partial charge in [0.05, 0.1) is 12.2 Å². The molecule has 0 aliphatic carbocycles. The first-order chi connectivity index (χ1) is 5.57. The zero-order chi connectivity index (χ0) is 9.30. The van der Waals surface area contributed by atoms with Crippen molar-refractivity contribution in [3.8, 4) is 0 Å². The third-order valence-corrected chi connectivity index (χ3v) is 2.79. The molecule has 1 fully saturated rings. The first-order valence-electron chi connectivity index (χ1n) is 4.09. The first kappa shape index (κ1) is 10.1. The molecule has 0 aromatic carbocycles. The fourth-order valence-corrected chi connectivity index (χ4v) is 1.89. The van der Waals surface area contributed by atoms with Crippen LogP contribution in [0.5, 0.6) is 0 Å². The molecular weight excluding hydrogens is 175 g/mol. The van der Waals surface area contributed by atoms with Gasteiger partial charge in [-0.3, -0.25) is 4.79 Å². The van der Waals surface area contributed by atoms with E-state index in [0.29, 0.717) is 0 Å². The van der Waals surface area contributed by atoms with Crippen LogP contribution >= 0.6 is 9.47 Å². The molecular formula is C8H15O3P. The van der Waals surface area contributed by atoms with Crippen molar-refractivity contribution in [3.63, 3.8) is 0 Å². The Bertz CT molecular complexity index is 183. The van der Waals surface area contributed by atoms with Crippen molar-refractivity contribution < 1.29 is 14.1 Å². The third kappa shape index (κ3) is 1.68. The number of carbonyl (C=O) groups is 1. The molecule has 1 unspecified atom stereocenters. The van der Waals surface area contributed by atoms with E-state index in [9.17, 15) is 4.79 Å². The van der Waals surface area contributed by atoms with E-state index in [1.807, 2.05) is 13.8 Å². The lowest BCUT2D eigenvalue weighted by Crippen LogP contribution is -2.31. The van der Waals surface area contributed by atoms with Gasteiger partial charge in [0, 0.05) is 15.4 Å². The number of ketones is 1. The topological polar surface area (TPSA) is 35.5 Å². The second kappa shape index (κ2) is 3.82. The number of hydrogen-bond acceptors (Lipinski definition) is 3. The number of hydrogen-bond donors (Lipinski definition) is 0. The van der Waals surface area contributed by atoms with Crippen molar-refractivity contribution in [2.45, 2.75) is 39.1 Å². The summed E-state index contributed by atoms with van der Waals surface area (Å²) in [5.74, 6) is 0.315. The van der Waals surface area contributed by atoms with Crippen molar-refractivity contribution in [2.75, 3.05) is 0 Å². The van der Waals surface area contributed by atoms with Gasteiger partial charge in [-0.1, -0.05) is 6.92 Å². The monoisotopic (exact) mass is 190 g/mol. The molecule has 1 heterocycles. The molecule has 4 heteroatoms. The number of carbonyl (C=O) groups excluding carboxylic acids is 1. The van der Waals surface area contributed by atoms with Gasteiger partial charge < -0.3 is 9.26 Å². The highest BCUT2D eigenvalue weighted by Crippen LogP contribution is 2.30. The summed E-state index contributed by atoms with van der Waals surface area (Å²) in [5.41, 5.74) is 0. The lowest BCUT2D eigenvalue weighted by Gasteiger charge is -2.16. The highest BCUT2D eigenvalue weighted by molar-refractivity contribution is 7.09. The van der Waals surface area contributed by atoms with Crippen LogP contribution in [0.15, 0.2) is 0 Å². The smallest absolute Gasteiger partial charge is 0.161 e. The van der Waals surface area contributed by atoms with E-state index >= 15 is 0 Å². The van der Waals surface area contributed by atoms with Gasteiger partial charge in [-0.25, -0.2) is 0 Å². The molecule has 0 aromatic rings. The SMILES string of the molecule is CC(=O)[C@H]1O[C@@H](C)[C@H](C)[C@@H]1OP. The van der Waals surface area contributed by atoms with Gasteiger partial charge in [0.2, 0.25) is 0 Å². The fraction of sp³-hybridized carbons (Fsp3) is 0.875. The zero-order valence-corrected chi connectivity index (χ0v) is 8.77. The van der Waals surface area contributed by atoms with Crippen molar-refractivity contribution in [2.24, 2.45) is 5.92 Å². The van der Waals surface area contributed by atoms with Gasteiger partial charge in [0.25, 0.3) is 0 Å². The van der Waals surface area contributed by atoms with Crippen LogP contribution in [0.25, 0.3) is 0 Å². The van der Waals surface area contributed by atoms with E-state index < -0.39 is 0 Å². The molecule has 0 saturated carbocycles. The molecule has 0 bridgehead atoms. The molecule has 3 nitrogen and oxygen atoms in total. The maximum atomic E-state index is 11.1. The minimum Gasteiger partial charge on any atom is -0.364 e. The Balaban J connectivity index is 2.71. The van der Waals surface area contributed by atoms with Crippen molar-refractivity contribution >= 4 is 15.2 Å². The van der Waals surface area contributed by atoms with Crippen molar-refractivity contribution in [1.29, 1.82) is 0 Å². The highest BCUT2D eigenvalue weighted by atomic mass is 31.0. The molecule has 70 valence electrons. The second-order valence-corrected chi connectivity index (χ2v) is 3.60. The fourth-order valence-electron chi connectivity index (χ4n) is 1.50. The Morgan fingerprint density at radius 1 is 1.50 bits per heavy atom. The third-order valence-electron chi connectivity index (χ3n) is 2.48. The largest absolute Gasteiger partial charge is 0.364 e. The maximum Gasteiger partial charge on any atom is 0.161 e. The predicted octanol–water partition coefficient (Wildman–Crippen LogP) is 1.17. The van der Waals surface area contributed by atoms with Gasteiger partial charge in [0.1, 0.15) is 6.10 Å². The minimum atomic E-state index is -0.382. The maximum absolute atomic E-state index is 11.1. The molecule has 1 aliphatic rings. The lowest BCUT2D eigenvalue weighted by atomic mass is 9.98. The molecule has 0 amide bonds. The number of Topliss-reactive ketones (excluding diaryl/α,β-unsaturated/α-hetero) is 1. The standard InChI is InChI=1S/C8H15O3P/c1-4-6(3)10-8(5(2)9)7(4)11-12/h4,6-8H,12H2,1-3H3/t4-,6-,7-,8+/m0/s1. The van der Waals surface area contributed by atoms with Gasteiger partial charge in [0.15, 0.2) is 5.78 Å².